The maximum absolute atomic E-state index is 8.39. The second-order valence-corrected chi connectivity index (χ2v) is 3.31. The Bertz CT molecular complexity index is 248. The lowest BCUT2D eigenvalue weighted by atomic mass is 10.2. The van der Waals surface area contributed by atoms with E-state index in [1.165, 1.54) is 6.21 Å². The zero-order chi connectivity index (χ0) is 8.81. The summed E-state index contributed by atoms with van der Waals surface area (Å²) in [6, 6.07) is 9.95. The highest BCUT2D eigenvalue weighted by molar-refractivity contribution is 7.99. The highest BCUT2D eigenvalue weighted by atomic mass is 32.2. The molecule has 1 rings (SSSR count). The number of oxime groups is 1. The maximum Gasteiger partial charge on any atom is 0.0680 e. The third-order valence-corrected chi connectivity index (χ3v) is 2.49. The molecule has 0 aromatic heterocycles. The largest absolute Gasteiger partial charge is 0.411 e. The smallest absolute Gasteiger partial charge is 0.0680 e. The summed E-state index contributed by atoms with van der Waals surface area (Å²) in [4.78, 5) is 0. The fourth-order valence-corrected chi connectivity index (χ4v) is 1.59. The van der Waals surface area contributed by atoms with Crippen LogP contribution in [-0.4, -0.2) is 17.7 Å². The Balaban J connectivity index is 2.80. The second kappa shape index (κ2) is 4.83. The van der Waals surface area contributed by atoms with Crippen LogP contribution in [0.25, 0.3) is 0 Å². The van der Waals surface area contributed by atoms with Gasteiger partial charge in [0.15, 0.2) is 0 Å². The van der Waals surface area contributed by atoms with Gasteiger partial charge in [0.2, 0.25) is 0 Å². The monoisotopic (exact) mass is 181 g/mol. The van der Waals surface area contributed by atoms with Gasteiger partial charge in [-0.2, -0.15) is 11.8 Å². The summed E-state index contributed by atoms with van der Waals surface area (Å²) in [6.07, 6.45) is 3.51. The van der Waals surface area contributed by atoms with Gasteiger partial charge in [-0.05, 0) is 11.8 Å². The molecule has 0 fully saturated rings. The SMILES string of the molecule is CSC(C=NO)c1ccccc1. The van der Waals surface area contributed by atoms with Crippen LogP contribution in [0.3, 0.4) is 0 Å². The summed E-state index contributed by atoms with van der Waals surface area (Å²) in [5.74, 6) is 0. The Morgan fingerprint density at radius 3 is 2.58 bits per heavy atom. The average Bonchev–Trinajstić information content (AvgIpc) is 2.15. The predicted molar refractivity (Wildman–Crippen MR) is 53.0 cm³/mol. The molecule has 1 unspecified atom stereocenters. The fourth-order valence-electron chi connectivity index (χ4n) is 0.986. The molecule has 64 valence electrons. The fraction of sp³-hybridized carbons (Fsp3) is 0.222. The van der Waals surface area contributed by atoms with Gasteiger partial charge in [-0.1, -0.05) is 30.3 Å². The Kier molecular flexibility index (Phi) is 3.67. The minimum absolute atomic E-state index is 0.149. The van der Waals surface area contributed by atoms with Crippen molar-refractivity contribution in [2.45, 2.75) is 5.25 Å². The average molecular weight is 181 g/mol. The van der Waals surface area contributed by atoms with E-state index in [4.69, 9.17) is 5.21 Å². The van der Waals surface area contributed by atoms with Crippen molar-refractivity contribution in [3.05, 3.63) is 35.9 Å². The summed E-state index contributed by atoms with van der Waals surface area (Å²) < 4.78 is 0. The van der Waals surface area contributed by atoms with E-state index in [0.29, 0.717) is 0 Å². The third kappa shape index (κ3) is 2.27. The van der Waals surface area contributed by atoms with Crippen LogP contribution in [-0.2, 0) is 0 Å². The molecule has 0 saturated heterocycles. The second-order valence-electron chi connectivity index (χ2n) is 2.33. The summed E-state index contributed by atoms with van der Waals surface area (Å²) >= 11 is 1.64. The van der Waals surface area contributed by atoms with Gasteiger partial charge in [0.05, 0.1) is 11.5 Å². The first kappa shape index (κ1) is 9.13. The number of thioether (sulfide) groups is 1. The lowest BCUT2D eigenvalue weighted by Gasteiger charge is -2.07. The molecular weight excluding hydrogens is 170 g/mol. The highest BCUT2D eigenvalue weighted by Crippen LogP contribution is 2.23. The van der Waals surface area contributed by atoms with Gasteiger partial charge in [0.1, 0.15) is 0 Å². The van der Waals surface area contributed by atoms with E-state index >= 15 is 0 Å². The van der Waals surface area contributed by atoms with Crippen LogP contribution in [0.1, 0.15) is 10.8 Å². The van der Waals surface area contributed by atoms with Gasteiger partial charge in [-0.25, -0.2) is 0 Å². The Morgan fingerprint density at radius 1 is 1.42 bits per heavy atom. The maximum atomic E-state index is 8.39. The number of hydrogen-bond donors (Lipinski definition) is 1. The molecule has 0 saturated carbocycles. The molecule has 3 heteroatoms. The molecule has 0 radical (unpaired) electrons. The minimum Gasteiger partial charge on any atom is -0.411 e. The predicted octanol–water partition coefficient (Wildman–Crippen LogP) is 2.55. The van der Waals surface area contributed by atoms with E-state index < -0.39 is 0 Å². The third-order valence-electron chi connectivity index (χ3n) is 1.58. The van der Waals surface area contributed by atoms with E-state index in [9.17, 15) is 0 Å². The topological polar surface area (TPSA) is 32.6 Å². The zero-order valence-corrected chi connectivity index (χ0v) is 7.66. The van der Waals surface area contributed by atoms with Gasteiger partial charge in [0, 0.05) is 0 Å². The molecule has 2 nitrogen and oxygen atoms in total. The molecule has 0 spiro atoms. The van der Waals surface area contributed by atoms with Crippen LogP contribution in [0.5, 0.6) is 0 Å². The van der Waals surface area contributed by atoms with Gasteiger partial charge in [-0.15, -0.1) is 5.16 Å². The van der Waals surface area contributed by atoms with Gasteiger partial charge in [-0.3, -0.25) is 0 Å². The quantitative estimate of drug-likeness (QED) is 0.441. The Hall–Kier alpha value is -0.960. The van der Waals surface area contributed by atoms with Crippen LogP contribution in [0.15, 0.2) is 35.5 Å². The first-order valence-electron chi connectivity index (χ1n) is 3.63. The molecule has 0 aliphatic rings. The number of hydrogen-bond acceptors (Lipinski definition) is 3. The Labute approximate surface area is 76.3 Å². The lowest BCUT2D eigenvalue weighted by Crippen LogP contribution is -1.93. The van der Waals surface area contributed by atoms with Gasteiger partial charge < -0.3 is 5.21 Å². The zero-order valence-electron chi connectivity index (χ0n) is 6.84. The van der Waals surface area contributed by atoms with E-state index in [1.807, 2.05) is 36.6 Å². The number of nitrogens with zero attached hydrogens (tertiary/aromatic N) is 1. The standard InChI is InChI=1S/C9H11NOS/c1-12-9(7-10-11)8-5-3-2-4-6-8/h2-7,9,11H,1H3. The molecule has 0 heterocycles. The van der Waals surface area contributed by atoms with Crippen LogP contribution in [0.4, 0.5) is 0 Å². The van der Waals surface area contributed by atoms with Crippen molar-refractivity contribution < 1.29 is 5.21 Å². The highest BCUT2D eigenvalue weighted by Gasteiger charge is 2.05. The van der Waals surface area contributed by atoms with Crippen molar-refractivity contribution in [2.75, 3.05) is 6.26 Å². The van der Waals surface area contributed by atoms with E-state index in [1.54, 1.807) is 11.8 Å². The molecule has 1 aromatic rings. The normalized spacial score (nSPS) is 13.4. The molecule has 0 bridgehead atoms. The van der Waals surface area contributed by atoms with Crippen LogP contribution >= 0.6 is 11.8 Å². The van der Waals surface area contributed by atoms with Crippen molar-refractivity contribution in [1.82, 2.24) is 0 Å². The van der Waals surface area contributed by atoms with Crippen molar-refractivity contribution in [2.24, 2.45) is 5.16 Å². The molecule has 0 aliphatic heterocycles. The molecule has 1 atom stereocenters. The van der Waals surface area contributed by atoms with Crippen LogP contribution in [0, 0.1) is 0 Å². The summed E-state index contributed by atoms with van der Waals surface area (Å²) in [5.41, 5.74) is 1.16. The van der Waals surface area contributed by atoms with Crippen LogP contribution in [0.2, 0.25) is 0 Å². The molecule has 12 heavy (non-hydrogen) atoms. The number of benzene rings is 1. The number of rotatable bonds is 3. The van der Waals surface area contributed by atoms with Gasteiger partial charge in [0.25, 0.3) is 0 Å². The molecule has 0 amide bonds. The summed E-state index contributed by atoms with van der Waals surface area (Å²) in [7, 11) is 0. The van der Waals surface area contributed by atoms with Crippen molar-refractivity contribution >= 4 is 18.0 Å². The van der Waals surface area contributed by atoms with Crippen molar-refractivity contribution in [1.29, 1.82) is 0 Å². The van der Waals surface area contributed by atoms with E-state index in [2.05, 4.69) is 5.16 Å². The van der Waals surface area contributed by atoms with Crippen molar-refractivity contribution in [3.8, 4) is 0 Å². The molecule has 0 aliphatic carbocycles. The summed E-state index contributed by atoms with van der Waals surface area (Å²) in [5, 5.41) is 11.6. The first-order chi connectivity index (χ1) is 5.88. The molecule has 1 aromatic carbocycles. The first-order valence-corrected chi connectivity index (χ1v) is 4.92. The molecular formula is C9H11NOS. The van der Waals surface area contributed by atoms with E-state index in [-0.39, 0.29) is 5.25 Å². The lowest BCUT2D eigenvalue weighted by molar-refractivity contribution is 0.320. The van der Waals surface area contributed by atoms with Crippen LogP contribution < -0.4 is 0 Å². The van der Waals surface area contributed by atoms with Gasteiger partial charge >= 0.3 is 0 Å². The van der Waals surface area contributed by atoms with E-state index in [0.717, 1.165) is 5.56 Å². The summed E-state index contributed by atoms with van der Waals surface area (Å²) in [6.45, 7) is 0. The molecule has 1 N–H and O–H groups in total. The Morgan fingerprint density at radius 2 is 2.08 bits per heavy atom. The van der Waals surface area contributed by atoms with Crippen molar-refractivity contribution in [3.63, 3.8) is 0 Å². The minimum atomic E-state index is 0.149.